The maximum atomic E-state index is 12.3. The van der Waals surface area contributed by atoms with Crippen LogP contribution < -0.4 is 10.6 Å². The molecule has 1 fully saturated rings. The Balaban J connectivity index is 1.80. The average molecular weight is 275 g/mol. The number of hydrogen-bond donors (Lipinski definition) is 2. The summed E-state index contributed by atoms with van der Waals surface area (Å²) in [5, 5.41) is 16.3. The van der Waals surface area contributed by atoms with Crippen molar-refractivity contribution in [2.45, 2.75) is 38.6 Å². The first kappa shape index (κ1) is 12.6. The summed E-state index contributed by atoms with van der Waals surface area (Å²) >= 11 is 1.59. The molecule has 0 radical (unpaired) electrons. The molecule has 2 N–H and O–H groups in total. The second-order valence-electron chi connectivity index (χ2n) is 5.30. The van der Waals surface area contributed by atoms with Crippen LogP contribution in [0.25, 0.3) is 0 Å². The molecule has 1 aromatic heterocycles. The van der Waals surface area contributed by atoms with Crippen LogP contribution in [0.4, 0.5) is 5.00 Å². The molecule has 0 aromatic carbocycles. The Morgan fingerprint density at radius 1 is 1.53 bits per heavy atom. The van der Waals surface area contributed by atoms with Gasteiger partial charge in [-0.3, -0.25) is 4.79 Å². The van der Waals surface area contributed by atoms with E-state index in [4.69, 9.17) is 0 Å². The van der Waals surface area contributed by atoms with Gasteiger partial charge in [-0.1, -0.05) is 0 Å². The Labute approximate surface area is 116 Å². The Morgan fingerprint density at radius 2 is 2.37 bits per heavy atom. The highest BCUT2D eigenvalue weighted by Crippen LogP contribution is 2.38. The minimum Gasteiger partial charge on any atom is -0.316 e. The molecule has 0 bridgehead atoms. The van der Waals surface area contributed by atoms with Gasteiger partial charge in [0.2, 0.25) is 5.91 Å². The molecular formula is C14H17N3OS. The largest absolute Gasteiger partial charge is 0.316 e. The van der Waals surface area contributed by atoms with Crippen LogP contribution in [0.3, 0.4) is 0 Å². The van der Waals surface area contributed by atoms with E-state index in [1.54, 1.807) is 11.3 Å². The van der Waals surface area contributed by atoms with Crippen LogP contribution in [0, 0.1) is 17.2 Å². The summed E-state index contributed by atoms with van der Waals surface area (Å²) in [6.07, 6.45) is 4.03. The summed E-state index contributed by atoms with van der Waals surface area (Å²) in [6, 6.07) is 2.48. The maximum absolute atomic E-state index is 12.3. The van der Waals surface area contributed by atoms with Crippen molar-refractivity contribution in [3.63, 3.8) is 0 Å². The summed E-state index contributed by atoms with van der Waals surface area (Å²) in [7, 11) is 0. The van der Waals surface area contributed by atoms with Crippen molar-refractivity contribution < 1.29 is 4.79 Å². The summed E-state index contributed by atoms with van der Waals surface area (Å²) in [5.74, 6) is 0.0670. The van der Waals surface area contributed by atoms with E-state index in [1.807, 2.05) is 6.92 Å². The lowest BCUT2D eigenvalue weighted by Gasteiger charge is -2.14. The Morgan fingerprint density at radius 3 is 3.05 bits per heavy atom. The number of aryl methyl sites for hydroxylation is 1. The fourth-order valence-corrected chi connectivity index (χ4v) is 4.27. The maximum Gasteiger partial charge on any atom is 0.229 e. The minimum atomic E-state index is 0.0171. The zero-order chi connectivity index (χ0) is 13.4. The molecular weight excluding hydrogens is 258 g/mol. The highest BCUT2D eigenvalue weighted by Gasteiger charge is 2.31. The van der Waals surface area contributed by atoms with Crippen molar-refractivity contribution in [3.8, 4) is 6.07 Å². The van der Waals surface area contributed by atoms with Crippen molar-refractivity contribution in [3.05, 3.63) is 16.0 Å². The third-order valence-electron chi connectivity index (χ3n) is 4.13. The smallest absolute Gasteiger partial charge is 0.229 e. The molecule has 1 aliphatic heterocycles. The molecule has 1 aromatic rings. The molecule has 100 valence electrons. The Hall–Kier alpha value is -1.38. The molecule has 19 heavy (non-hydrogen) atoms. The number of anilines is 1. The monoisotopic (exact) mass is 275 g/mol. The first-order chi connectivity index (χ1) is 9.20. The number of thiophene rings is 1. The molecule has 4 nitrogen and oxygen atoms in total. The SMILES string of the molecule is CC1NCCC1C(=O)Nc1sc2c(c1C#N)CCC2. The number of hydrogen-bond acceptors (Lipinski definition) is 4. The first-order valence-electron chi connectivity index (χ1n) is 6.79. The standard InChI is InChI=1S/C14H17N3OS/c1-8-9(5-6-16-8)13(18)17-14-11(7-15)10-3-2-4-12(10)19-14/h8-9,16H,2-6H2,1H3,(H,17,18). The molecule has 2 aliphatic rings. The minimum absolute atomic E-state index is 0.0171. The summed E-state index contributed by atoms with van der Waals surface area (Å²) in [5.41, 5.74) is 1.87. The third kappa shape index (κ3) is 2.15. The number of fused-ring (bicyclic) bond motifs is 1. The lowest BCUT2D eigenvalue weighted by Crippen LogP contribution is -2.32. The van der Waals surface area contributed by atoms with E-state index in [9.17, 15) is 10.1 Å². The quantitative estimate of drug-likeness (QED) is 0.868. The zero-order valence-electron chi connectivity index (χ0n) is 11.0. The topological polar surface area (TPSA) is 64.9 Å². The van der Waals surface area contributed by atoms with Gasteiger partial charge in [0.25, 0.3) is 0 Å². The predicted octanol–water partition coefficient (Wildman–Crippen LogP) is 2.04. The summed E-state index contributed by atoms with van der Waals surface area (Å²) in [4.78, 5) is 13.5. The number of rotatable bonds is 2. The van der Waals surface area contributed by atoms with E-state index in [0.29, 0.717) is 5.56 Å². The molecule has 0 saturated carbocycles. The molecule has 1 aliphatic carbocycles. The van der Waals surface area contributed by atoms with E-state index < -0.39 is 0 Å². The van der Waals surface area contributed by atoms with Gasteiger partial charge in [0, 0.05) is 10.9 Å². The first-order valence-corrected chi connectivity index (χ1v) is 7.61. The van der Waals surface area contributed by atoms with Gasteiger partial charge in [0.05, 0.1) is 11.5 Å². The number of carbonyl (C=O) groups is 1. The second-order valence-corrected chi connectivity index (χ2v) is 6.41. The van der Waals surface area contributed by atoms with Crippen LogP contribution in [-0.4, -0.2) is 18.5 Å². The molecule has 2 unspecified atom stereocenters. The van der Waals surface area contributed by atoms with Gasteiger partial charge < -0.3 is 10.6 Å². The fraction of sp³-hybridized carbons (Fsp3) is 0.571. The van der Waals surface area contributed by atoms with Crippen molar-refractivity contribution in [2.24, 2.45) is 5.92 Å². The molecule has 2 heterocycles. The molecule has 1 amide bonds. The molecule has 1 saturated heterocycles. The van der Waals surface area contributed by atoms with Gasteiger partial charge >= 0.3 is 0 Å². The van der Waals surface area contributed by atoms with Gasteiger partial charge in [-0.15, -0.1) is 11.3 Å². The van der Waals surface area contributed by atoms with Gasteiger partial charge in [-0.25, -0.2) is 0 Å². The molecule has 2 atom stereocenters. The van der Waals surface area contributed by atoms with Gasteiger partial charge in [-0.2, -0.15) is 5.26 Å². The zero-order valence-corrected chi connectivity index (χ0v) is 11.8. The Kier molecular flexibility index (Phi) is 3.29. The second kappa shape index (κ2) is 4.95. The number of nitrogens with zero attached hydrogens (tertiary/aromatic N) is 1. The molecule has 3 rings (SSSR count). The van der Waals surface area contributed by atoms with Crippen LogP contribution in [0.2, 0.25) is 0 Å². The number of amides is 1. The van der Waals surface area contributed by atoms with Crippen LogP contribution in [0.15, 0.2) is 0 Å². The highest BCUT2D eigenvalue weighted by molar-refractivity contribution is 7.16. The number of carbonyl (C=O) groups excluding carboxylic acids is 1. The van der Waals surface area contributed by atoms with E-state index in [1.165, 1.54) is 10.4 Å². The van der Waals surface area contributed by atoms with Crippen LogP contribution >= 0.6 is 11.3 Å². The van der Waals surface area contributed by atoms with E-state index in [0.717, 1.165) is 37.2 Å². The fourth-order valence-electron chi connectivity index (χ4n) is 3.03. The van der Waals surface area contributed by atoms with E-state index >= 15 is 0 Å². The van der Waals surface area contributed by atoms with E-state index in [-0.39, 0.29) is 17.9 Å². The van der Waals surface area contributed by atoms with Gasteiger partial charge in [0.1, 0.15) is 11.1 Å². The Bertz CT molecular complexity index is 558. The van der Waals surface area contributed by atoms with Crippen molar-refractivity contribution in [1.29, 1.82) is 5.26 Å². The van der Waals surface area contributed by atoms with Crippen LogP contribution in [0.1, 0.15) is 35.8 Å². The number of nitriles is 1. The average Bonchev–Trinajstić information content (AvgIpc) is 3.04. The lowest BCUT2D eigenvalue weighted by molar-refractivity contribution is -0.119. The third-order valence-corrected chi connectivity index (χ3v) is 5.34. The van der Waals surface area contributed by atoms with Crippen LogP contribution in [0.5, 0.6) is 0 Å². The van der Waals surface area contributed by atoms with Crippen molar-refractivity contribution in [2.75, 3.05) is 11.9 Å². The van der Waals surface area contributed by atoms with E-state index in [2.05, 4.69) is 16.7 Å². The molecule has 5 heteroatoms. The van der Waals surface area contributed by atoms with Gasteiger partial charge in [-0.05, 0) is 44.7 Å². The highest BCUT2D eigenvalue weighted by atomic mass is 32.1. The van der Waals surface area contributed by atoms with Gasteiger partial charge in [0.15, 0.2) is 0 Å². The van der Waals surface area contributed by atoms with Crippen molar-refractivity contribution in [1.82, 2.24) is 5.32 Å². The molecule has 0 spiro atoms. The summed E-state index contributed by atoms with van der Waals surface area (Å²) in [6.45, 7) is 2.93. The van der Waals surface area contributed by atoms with Crippen LogP contribution in [-0.2, 0) is 17.6 Å². The lowest BCUT2D eigenvalue weighted by atomic mass is 10.0. The predicted molar refractivity (Wildman–Crippen MR) is 75.3 cm³/mol. The normalized spacial score (nSPS) is 25.1. The number of nitrogens with one attached hydrogen (secondary N) is 2. The van der Waals surface area contributed by atoms with Crippen molar-refractivity contribution >= 4 is 22.2 Å². The summed E-state index contributed by atoms with van der Waals surface area (Å²) < 4.78 is 0.